The highest BCUT2D eigenvalue weighted by atomic mass is 35.5. The van der Waals surface area contributed by atoms with E-state index in [9.17, 15) is 9.18 Å². The number of alkyl halides is 1. The zero-order valence-electron chi connectivity index (χ0n) is 11.8. The third kappa shape index (κ3) is 2.50. The van der Waals surface area contributed by atoms with Crippen LogP contribution in [0.25, 0.3) is 10.8 Å². The van der Waals surface area contributed by atoms with Crippen molar-refractivity contribution in [3.05, 3.63) is 47.8 Å². The van der Waals surface area contributed by atoms with E-state index in [0.29, 0.717) is 22.2 Å². The lowest BCUT2D eigenvalue weighted by Gasteiger charge is -2.34. The highest BCUT2D eigenvalue weighted by molar-refractivity contribution is 6.19. The van der Waals surface area contributed by atoms with Crippen LogP contribution in [-0.2, 0) is 0 Å². The number of rotatable bonds is 3. The lowest BCUT2D eigenvalue weighted by atomic mass is 10.0. The Bertz CT molecular complexity index is 654. The topological polar surface area (TPSA) is 20.3 Å². The minimum absolute atomic E-state index is 0.160. The van der Waals surface area contributed by atoms with Gasteiger partial charge in [-0.15, -0.1) is 11.6 Å². The second kappa shape index (κ2) is 5.41. The molecule has 1 amide bonds. The smallest absolute Gasteiger partial charge is 0.254 e. The van der Waals surface area contributed by atoms with Gasteiger partial charge in [-0.3, -0.25) is 4.79 Å². The number of hydrogen-bond donors (Lipinski definition) is 0. The van der Waals surface area contributed by atoms with Crippen LogP contribution in [0.1, 0.15) is 24.2 Å². The maximum atomic E-state index is 13.8. The van der Waals surface area contributed by atoms with Crippen molar-refractivity contribution in [3.63, 3.8) is 0 Å². The number of nitrogens with zero attached hydrogens (tertiary/aromatic N) is 1. The van der Waals surface area contributed by atoms with E-state index in [1.807, 2.05) is 13.8 Å². The van der Waals surface area contributed by atoms with Crippen molar-refractivity contribution >= 4 is 28.3 Å². The summed E-state index contributed by atoms with van der Waals surface area (Å²) in [6.07, 6.45) is 0. The molecular formula is C16H17ClFNO. The SMILES string of the molecule is CN(C(=O)c1ccc(F)c2ccccc12)C(C)(C)CCl. The molecule has 2 nitrogen and oxygen atoms in total. The molecule has 0 aromatic heterocycles. The van der Waals surface area contributed by atoms with Crippen LogP contribution in [0.15, 0.2) is 36.4 Å². The Morgan fingerprint density at radius 1 is 1.20 bits per heavy atom. The first-order valence-electron chi connectivity index (χ1n) is 6.40. The van der Waals surface area contributed by atoms with Crippen LogP contribution in [0.2, 0.25) is 0 Å². The summed E-state index contributed by atoms with van der Waals surface area (Å²) < 4.78 is 13.8. The first-order valence-corrected chi connectivity index (χ1v) is 6.93. The zero-order valence-corrected chi connectivity index (χ0v) is 12.5. The van der Waals surface area contributed by atoms with Gasteiger partial charge in [-0.1, -0.05) is 24.3 Å². The van der Waals surface area contributed by atoms with Gasteiger partial charge in [0.05, 0.1) is 5.54 Å². The number of fused-ring (bicyclic) bond motifs is 1. The van der Waals surface area contributed by atoms with E-state index >= 15 is 0 Å². The zero-order chi connectivity index (χ0) is 14.9. The van der Waals surface area contributed by atoms with Crippen LogP contribution in [0.5, 0.6) is 0 Å². The molecule has 4 heteroatoms. The van der Waals surface area contributed by atoms with E-state index in [1.54, 1.807) is 36.2 Å². The molecule has 0 N–H and O–H groups in total. The molecule has 0 atom stereocenters. The highest BCUT2D eigenvalue weighted by Crippen LogP contribution is 2.25. The molecule has 2 rings (SSSR count). The number of carbonyl (C=O) groups excluding carboxylic acids is 1. The molecule has 0 saturated carbocycles. The van der Waals surface area contributed by atoms with Crippen LogP contribution in [-0.4, -0.2) is 29.3 Å². The summed E-state index contributed by atoms with van der Waals surface area (Å²) in [5.41, 5.74) is 0.0244. The van der Waals surface area contributed by atoms with Crippen LogP contribution in [0, 0.1) is 5.82 Å². The largest absolute Gasteiger partial charge is 0.335 e. The standard InChI is InChI=1S/C16H17ClFNO/c1-16(2,10-17)19(3)15(20)13-8-9-14(18)12-7-5-4-6-11(12)13/h4-9H,10H2,1-3H3. The Morgan fingerprint density at radius 3 is 2.40 bits per heavy atom. The number of hydrogen-bond acceptors (Lipinski definition) is 1. The lowest BCUT2D eigenvalue weighted by Crippen LogP contribution is -2.46. The van der Waals surface area contributed by atoms with Gasteiger partial charge in [0.1, 0.15) is 5.82 Å². The molecule has 0 saturated heterocycles. The van der Waals surface area contributed by atoms with E-state index in [-0.39, 0.29) is 11.7 Å². The molecular weight excluding hydrogens is 277 g/mol. The molecule has 0 bridgehead atoms. The average Bonchev–Trinajstić information content (AvgIpc) is 2.46. The molecule has 0 aliphatic rings. The van der Waals surface area contributed by atoms with Crippen molar-refractivity contribution in [2.45, 2.75) is 19.4 Å². The summed E-state index contributed by atoms with van der Waals surface area (Å²) >= 11 is 5.91. The number of carbonyl (C=O) groups is 1. The molecule has 2 aromatic rings. The van der Waals surface area contributed by atoms with Gasteiger partial charge in [-0.25, -0.2) is 4.39 Å². The van der Waals surface area contributed by atoms with Crippen molar-refractivity contribution < 1.29 is 9.18 Å². The summed E-state index contributed by atoms with van der Waals surface area (Å²) in [4.78, 5) is 14.2. The molecule has 0 aliphatic heterocycles. The van der Waals surface area contributed by atoms with Crippen molar-refractivity contribution in [1.29, 1.82) is 0 Å². The van der Waals surface area contributed by atoms with Crippen LogP contribution in [0.3, 0.4) is 0 Å². The second-order valence-corrected chi connectivity index (χ2v) is 5.72. The van der Waals surface area contributed by atoms with Gasteiger partial charge in [0, 0.05) is 23.9 Å². The van der Waals surface area contributed by atoms with E-state index in [1.165, 1.54) is 12.1 Å². The molecule has 0 aliphatic carbocycles. The normalized spacial score (nSPS) is 11.7. The van der Waals surface area contributed by atoms with E-state index in [0.717, 1.165) is 0 Å². The number of halogens is 2. The first kappa shape index (κ1) is 14.8. The highest BCUT2D eigenvalue weighted by Gasteiger charge is 2.28. The predicted octanol–water partition coefficient (Wildman–Crippen LogP) is 4.07. The van der Waals surface area contributed by atoms with Gasteiger partial charge in [-0.05, 0) is 31.4 Å². The minimum Gasteiger partial charge on any atom is -0.335 e. The quantitative estimate of drug-likeness (QED) is 0.781. The second-order valence-electron chi connectivity index (χ2n) is 5.45. The lowest BCUT2D eigenvalue weighted by molar-refractivity contribution is 0.0662. The monoisotopic (exact) mass is 293 g/mol. The first-order chi connectivity index (χ1) is 9.38. The summed E-state index contributed by atoms with van der Waals surface area (Å²) in [6, 6.07) is 9.84. The fraction of sp³-hybridized carbons (Fsp3) is 0.312. The van der Waals surface area contributed by atoms with Gasteiger partial charge in [0.15, 0.2) is 0 Å². The van der Waals surface area contributed by atoms with Crippen LogP contribution >= 0.6 is 11.6 Å². The molecule has 0 unspecified atom stereocenters. The van der Waals surface area contributed by atoms with Gasteiger partial charge in [0.25, 0.3) is 5.91 Å². The van der Waals surface area contributed by atoms with Crippen molar-refractivity contribution in [2.24, 2.45) is 0 Å². The molecule has 0 fully saturated rings. The Kier molecular flexibility index (Phi) is 4.00. The Morgan fingerprint density at radius 2 is 1.80 bits per heavy atom. The summed E-state index contributed by atoms with van der Waals surface area (Å²) in [6.45, 7) is 3.78. The van der Waals surface area contributed by atoms with Gasteiger partial charge >= 0.3 is 0 Å². The van der Waals surface area contributed by atoms with Crippen LogP contribution in [0.4, 0.5) is 4.39 Å². The molecule has 0 spiro atoms. The summed E-state index contributed by atoms with van der Waals surface area (Å²) in [5, 5.41) is 1.07. The molecule has 0 radical (unpaired) electrons. The number of benzene rings is 2. The fourth-order valence-electron chi connectivity index (χ4n) is 1.99. The van der Waals surface area contributed by atoms with E-state index in [4.69, 9.17) is 11.6 Å². The van der Waals surface area contributed by atoms with Crippen molar-refractivity contribution in [2.75, 3.05) is 12.9 Å². The van der Waals surface area contributed by atoms with Crippen LogP contribution < -0.4 is 0 Å². The van der Waals surface area contributed by atoms with E-state index < -0.39 is 5.54 Å². The average molecular weight is 294 g/mol. The summed E-state index contributed by atoms with van der Waals surface area (Å²) in [5.74, 6) is -0.155. The maximum Gasteiger partial charge on any atom is 0.254 e. The molecule has 2 aromatic carbocycles. The van der Waals surface area contributed by atoms with Crippen molar-refractivity contribution in [1.82, 2.24) is 4.90 Å². The minimum atomic E-state index is -0.464. The fourth-order valence-corrected chi connectivity index (χ4v) is 2.17. The third-order valence-corrected chi connectivity index (χ3v) is 4.29. The molecule has 20 heavy (non-hydrogen) atoms. The van der Waals surface area contributed by atoms with Gasteiger partial charge in [-0.2, -0.15) is 0 Å². The summed E-state index contributed by atoms with van der Waals surface area (Å²) in [7, 11) is 1.71. The van der Waals surface area contributed by atoms with Crippen molar-refractivity contribution in [3.8, 4) is 0 Å². The maximum absolute atomic E-state index is 13.8. The number of amides is 1. The van der Waals surface area contributed by atoms with E-state index in [2.05, 4.69) is 0 Å². The third-order valence-electron chi connectivity index (χ3n) is 3.64. The predicted molar refractivity (Wildman–Crippen MR) is 80.8 cm³/mol. The molecule has 0 heterocycles. The Hall–Kier alpha value is -1.61. The van der Waals surface area contributed by atoms with Gasteiger partial charge < -0.3 is 4.90 Å². The van der Waals surface area contributed by atoms with Gasteiger partial charge in [0.2, 0.25) is 0 Å². The Balaban J connectivity index is 2.54. The molecule has 106 valence electrons. The Labute approximate surface area is 123 Å².